The lowest BCUT2D eigenvalue weighted by atomic mass is 9.69. The van der Waals surface area contributed by atoms with Crippen LogP contribution in [0.4, 0.5) is 10.1 Å². The molecule has 3 aromatic rings. The monoisotopic (exact) mass is 463 g/mol. The zero-order chi connectivity index (χ0) is 22.7. The summed E-state index contributed by atoms with van der Waals surface area (Å²) in [4.78, 5) is 25.2. The maximum Gasteiger partial charge on any atom is 0.258 e. The van der Waals surface area contributed by atoms with Gasteiger partial charge >= 0.3 is 0 Å². The number of aromatic nitrogens is 2. The zero-order valence-electron chi connectivity index (χ0n) is 18.0. The molecular weight excluding hydrogens is 441 g/mol. The van der Waals surface area contributed by atoms with Crippen LogP contribution in [0.5, 0.6) is 0 Å². The minimum absolute atomic E-state index is 0.111. The molecule has 0 amide bonds. The molecule has 0 spiro atoms. The Hall–Kier alpha value is -2.95. The first-order valence-corrected chi connectivity index (χ1v) is 11.7. The van der Waals surface area contributed by atoms with Gasteiger partial charge in [0.1, 0.15) is 11.6 Å². The molecule has 2 aromatic carbocycles. The fourth-order valence-electron chi connectivity index (χ4n) is 6.01. The first-order chi connectivity index (χ1) is 16.0. The number of halogens is 2. The summed E-state index contributed by atoms with van der Waals surface area (Å²) in [5.41, 5.74) is 1.74. The molecule has 3 aliphatic heterocycles. The Morgan fingerprint density at radius 2 is 1.94 bits per heavy atom. The van der Waals surface area contributed by atoms with Gasteiger partial charge in [0.2, 0.25) is 0 Å². The van der Waals surface area contributed by atoms with Crippen LogP contribution in [0.3, 0.4) is 0 Å². The van der Waals surface area contributed by atoms with Gasteiger partial charge in [0, 0.05) is 37.1 Å². The fraction of sp³-hybridized carbons (Fsp3) is 0.400. The smallest absolute Gasteiger partial charge is 0.258 e. The lowest BCUT2D eigenvalue weighted by Crippen LogP contribution is -2.46. The van der Waals surface area contributed by atoms with Crippen molar-refractivity contribution in [2.75, 3.05) is 24.5 Å². The Kier molecular flexibility index (Phi) is 4.72. The molecule has 4 heterocycles. The number of rotatable bonds is 3. The molecule has 1 aliphatic carbocycles. The predicted molar refractivity (Wildman–Crippen MR) is 125 cm³/mol. The van der Waals surface area contributed by atoms with E-state index in [-0.39, 0.29) is 11.0 Å². The molecule has 4 fully saturated rings. The van der Waals surface area contributed by atoms with E-state index in [1.54, 1.807) is 12.1 Å². The number of nitrogens with one attached hydrogen (secondary N) is 1. The Morgan fingerprint density at radius 1 is 1.15 bits per heavy atom. The Bertz CT molecular complexity index is 1350. The predicted octanol–water partition coefficient (Wildman–Crippen LogP) is 3.97. The lowest BCUT2D eigenvalue weighted by molar-refractivity contribution is 0.156. The largest absolute Gasteiger partial charge is 0.370 e. The third-order valence-electron chi connectivity index (χ3n) is 7.73. The van der Waals surface area contributed by atoms with E-state index in [9.17, 15) is 9.18 Å². The van der Waals surface area contributed by atoms with Gasteiger partial charge in [0.15, 0.2) is 0 Å². The number of H-pyrrole nitrogens is 1. The van der Waals surface area contributed by atoms with Crippen LogP contribution in [0.2, 0.25) is 5.02 Å². The molecule has 2 bridgehead atoms. The van der Waals surface area contributed by atoms with Crippen molar-refractivity contribution in [3.63, 3.8) is 0 Å². The van der Waals surface area contributed by atoms with E-state index in [2.05, 4.69) is 20.9 Å². The molecule has 0 radical (unpaired) electrons. The van der Waals surface area contributed by atoms with Gasteiger partial charge in [-0.05, 0) is 62.1 Å². The van der Waals surface area contributed by atoms with Crippen molar-refractivity contribution in [3.05, 3.63) is 69.0 Å². The van der Waals surface area contributed by atoms with E-state index >= 15 is 0 Å². The molecule has 1 aromatic heterocycles. The number of piperidine rings is 1. The third kappa shape index (κ3) is 3.32. The molecule has 6 nitrogen and oxygen atoms in total. The van der Waals surface area contributed by atoms with E-state index in [4.69, 9.17) is 21.8 Å². The number of benzene rings is 2. The standard InChI is InChI=1S/C25H23ClFN5O/c26-20-9-15(13-28)1-4-22(20)31-7-5-17(6-8-31)32-14-25(11-18(32)12-25)24-29-21-3-2-16(27)10-19(21)23(33)30-24/h1-4,9-10,17-18H,5-8,11-12,14H2,(H,29,30,33). The summed E-state index contributed by atoms with van der Waals surface area (Å²) in [5, 5.41) is 9.99. The number of fused-ring (bicyclic) bond motifs is 2. The van der Waals surface area contributed by atoms with Gasteiger partial charge in [0.25, 0.3) is 5.56 Å². The van der Waals surface area contributed by atoms with Crippen LogP contribution in [0.1, 0.15) is 37.1 Å². The molecular formula is C25H23ClFN5O. The first-order valence-electron chi connectivity index (χ1n) is 11.4. The van der Waals surface area contributed by atoms with Crippen molar-refractivity contribution in [2.24, 2.45) is 0 Å². The highest BCUT2D eigenvalue weighted by Gasteiger charge is 2.59. The molecule has 33 heavy (non-hydrogen) atoms. The van der Waals surface area contributed by atoms with Gasteiger partial charge in [-0.25, -0.2) is 9.37 Å². The maximum atomic E-state index is 13.5. The molecule has 168 valence electrons. The second kappa shape index (κ2) is 7.54. The van der Waals surface area contributed by atoms with E-state index in [0.29, 0.717) is 33.6 Å². The Labute approximate surface area is 195 Å². The summed E-state index contributed by atoms with van der Waals surface area (Å²) in [6.07, 6.45) is 4.10. The quantitative estimate of drug-likeness (QED) is 0.636. The average Bonchev–Trinajstić information content (AvgIpc) is 3.37. The number of nitrogens with zero attached hydrogens (tertiary/aromatic N) is 4. The summed E-state index contributed by atoms with van der Waals surface area (Å²) in [7, 11) is 0. The minimum atomic E-state index is -0.426. The Morgan fingerprint density at radius 3 is 2.67 bits per heavy atom. The van der Waals surface area contributed by atoms with E-state index in [1.807, 2.05) is 12.1 Å². The van der Waals surface area contributed by atoms with Gasteiger partial charge in [-0.1, -0.05) is 11.6 Å². The van der Waals surface area contributed by atoms with Crippen molar-refractivity contribution in [2.45, 2.75) is 43.2 Å². The minimum Gasteiger partial charge on any atom is -0.370 e. The van der Waals surface area contributed by atoms with Crippen molar-refractivity contribution in [1.82, 2.24) is 14.9 Å². The summed E-state index contributed by atoms with van der Waals surface area (Å²) in [6.45, 7) is 2.74. The molecule has 1 N–H and O–H groups in total. The number of anilines is 1. The average molecular weight is 464 g/mol. The van der Waals surface area contributed by atoms with Crippen LogP contribution in [-0.2, 0) is 5.41 Å². The van der Waals surface area contributed by atoms with E-state index in [0.717, 1.165) is 56.8 Å². The van der Waals surface area contributed by atoms with Crippen molar-refractivity contribution in [3.8, 4) is 6.07 Å². The highest BCUT2D eigenvalue weighted by molar-refractivity contribution is 6.33. The summed E-state index contributed by atoms with van der Waals surface area (Å²) < 4.78 is 13.5. The molecule has 0 atom stereocenters. The lowest BCUT2D eigenvalue weighted by Gasteiger charge is -2.40. The third-order valence-corrected chi connectivity index (χ3v) is 8.03. The van der Waals surface area contributed by atoms with Gasteiger partial charge in [0.05, 0.1) is 33.2 Å². The van der Waals surface area contributed by atoms with Crippen LogP contribution >= 0.6 is 11.6 Å². The molecule has 4 aliphatic rings. The number of hydrogen-bond acceptors (Lipinski definition) is 5. The van der Waals surface area contributed by atoms with Crippen molar-refractivity contribution >= 4 is 28.2 Å². The van der Waals surface area contributed by atoms with E-state index < -0.39 is 5.82 Å². The second-order valence-corrected chi connectivity index (χ2v) is 9.99. The summed E-state index contributed by atoms with van der Waals surface area (Å²) >= 11 is 6.42. The maximum absolute atomic E-state index is 13.5. The summed E-state index contributed by atoms with van der Waals surface area (Å²) in [6, 6.07) is 12.8. The van der Waals surface area contributed by atoms with Crippen LogP contribution in [0.25, 0.3) is 10.9 Å². The highest BCUT2D eigenvalue weighted by Crippen LogP contribution is 2.53. The van der Waals surface area contributed by atoms with Gasteiger partial charge in [-0.2, -0.15) is 5.26 Å². The van der Waals surface area contributed by atoms with Gasteiger partial charge < -0.3 is 9.88 Å². The molecule has 7 rings (SSSR count). The topological polar surface area (TPSA) is 76.0 Å². The number of hydrogen-bond donors (Lipinski definition) is 1. The van der Waals surface area contributed by atoms with Crippen molar-refractivity contribution < 1.29 is 4.39 Å². The molecule has 0 unspecified atom stereocenters. The normalized spacial score (nSPS) is 25.2. The van der Waals surface area contributed by atoms with Gasteiger partial charge in [-0.3, -0.25) is 9.69 Å². The zero-order valence-corrected chi connectivity index (χ0v) is 18.8. The first kappa shape index (κ1) is 20.6. The molecule has 8 heteroatoms. The van der Waals surface area contributed by atoms with Crippen LogP contribution in [-0.4, -0.2) is 46.6 Å². The van der Waals surface area contributed by atoms with Crippen molar-refractivity contribution in [1.29, 1.82) is 5.26 Å². The Balaban J connectivity index is 1.17. The van der Waals surface area contributed by atoms with E-state index in [1.165, 1.54) is 12.1 Å². The molecule has 1 saturated carbocycles. The van der Waals surface area contributed by atoms with Crippen LogP contribution < -0.4 is 10.5 Å². The highest BCUT2D eigenvalue weighted by atomic mass is 35.5. The number of aromatic amines is 1. The molecule has 3 saturated heterocycles. The van der Waals surface area contributed by atoms with Crippen LogP contribution in [0, 0.1) is 17.1 Å². The summed E-state index contributed by atoms with van der Waals surface area (Å²) in [5.74, 6) is 0.317. The van der Waals surface area contributed by atoms with Gasteiger partial charge in [-0.15, -0.1) is 0 Å². The second-order valence-electron chi connectivity index (χ2n) is 9.59. The number of nitriles is 1. The van der Waals surface area contributed by atoms with Crippen LogP contribution in [0.15, 0.2) is 41.2 Å². The fourth-order valence-corrected chi connectivity index (χ4v) is 6.31. The SMILES string of the molecule is N#Cc1ccc(N2CCC(N3CC4(c5nc6ccc(F)cc6c(=O)[nH]5)CC3C4)CC2)c(Cl)c1.